The summed E-state index contributed by atoms with van der Waals surface area (Å²) in [6.45, 7) is 8.88. The zero-order valence-electron chi connectivity index (χ0n) is 13.8. The zero-order chi connectivity index (χ0) is 15.5. The van der Waals surface area contributed by atoms with Crippen molar-refractivity contribution in [3.63, 3.8) is 0 Å². The van der Waals surface area contributed by atoms with Gasteiger partial charge >= 0.3 is 0 Å². The normalized spacial score (nSPS) is 46.3. The second-order valence-electron chi connectivity index (χ2n) is 8.16. The maximum atomic E-state index is 11.8. The van der Waals surface area contributed by atoms with Crippen LogP contribution in [0.15, 0.2) is 48.1 Å². The van der Waals surface area contributed by atoms with Gasteiger partial charge in [0.15, 0.2) is 5.78 Å². The molecule has 0 amide bonds. The minimum absolute atomic E-state index is 0.120. The van der Waals surface area contributed by atoms with Gasteiger partial charge in [-0.1, -0.05) is 44.2 Å². The standard InChI is InChI=1S/C21H26O/c1-4-14-6-8-18-17-7-5-15-13-16(22)9-11-21(15,3)19(17)10-12-20(14,18)2/h4,6,9,11,13,17-19H,1,5,7-8,10,12H2,2-3H3/t17?,18?,19?,20-,21+/m1/s1. The second kappa shape index (κ2) is 4.57. The van der Waals surface area contributed by atoms with Crippen LogP contribution in [0.1, 0.15) is 46.0 Å². The molecule has 4 aliphatic rings. The molecule has 1 heteroatoms. The van der Waals surface area contributed by atoms with Gasteiger partial charge in [-0.15, -0.1) is 0 Å². The van der Waals surface area contributed by atoms with Crippen LogP contribution in [0.3, 0.4) is 0 Å². The molecule has 2 fully saturated rings. The van der Waals surface area contributed by atoms with Gasteiger partial charge in [-0.05, 0) is 73.0 Å². The molecule has 0 aromatic rings. The highest BCUT2D eigenvalue weighted by Crippen LogP contribution is 2.64. The SMILES string of the molecule is C=CC1=CCC2C3CCC4=CC(=O)C=C[C@]4(C)C3CC[C@]12C. The molecule has 0 saturated heterocycles. The average Bonchev–Trinajstić information content (AvgIpc) is 2.84. The van der Waals surface area contributed by atoms with Gasteiger partial charge in [-0.2, -0.15) is 0 Å². The van der Waals surface area contributed by atoms with E-state index in [-0.39, 0.29) is 11.2 Å². The maximum absolute atomic E-state index is 11.8. The molecule has 0 bridgehead atoms. The van der Waals surface area contributed by atoms with Crippen molar-refractivity contribution in [2.45, 2.75) is 46.0 Å². The van der Waals surface area contributed by atoms with E-state index < -0.39 is 0 Å². The Labute approximate surface area is 133 Å². The number of carbonyl (C=O) groups is 1. The van der Waals surface area contributed by atoms with Crippen molar-refractivity contribution >= 4 is 5.78 Å². The summed E-state index contributed by atoms with van der Waals surface area (Å²) in [4.78, 5) is 11.8. The van der Waals surface area contributed by atoms with E-state index in [1.54, 1.807) is 0 Å². The van der Waals surface area contributed by atoms with Crippen molar-refractivity contribution in [3.05, 3.63) is 48.1 Å². The first-order valence-electron chi connectivity index (χ1n) is 8.76. The fourth-order valence-corrected chi connectivity index (χ4v) is 6.11. The minimum Gasteiger partial charge on any atom is -0.290 e. The molecular formula is C21H26O. The lowest BCUT2D eigenvalue weighted by Gasteiger charge is -2.56. The number of fused-ring (bicyclic) bond motifs is 5. The molecule has 0 aromatic heterocycles. The first-order chi connectivity index (χ1) is 10.5. The van der Waals surface area contributed by atoms with Crippen LogP contribution in [0, 0.1) is 28.6 Å². The second-order valence-corrected chi connectivity index (χ2v) is 8.16. The van der Waals surface area contributed by atoms with Crippen LogP contribution in [-0.2, 0) is 4.79 Å². The van der Waals surface area contributed by atoms with E-state index in [2.05, 4.69) is 38.7 Å². The highest BCUT2D eigenvalue weighted by molar-refractivity contribution is 6.01. The highest BCUT2D eigenvalue weighted by Gasteiger charge is 2.55. The summed E-state index contributed by atoms with van der Waals surface area (Å²) in [5.74, 6) is 2.44. The molecule has 0 spiro atoms. The summed E-state index contributed by atoms with van der Waals surface area (Å²) in [6.07, 6.45) is 16.6. The summed E-state index contributed by atoms with van der Waals surface area (Å²) < 4.78 is 0. The van der Waals surface area contributed by atoms with Gasteiger partial charge in [0.1, 0.15) is 0 Å². The minimum atomic E-state index is 0.120. The van der Waals surface area contributed by atoms with Gasteiger partial charge < -0.3 is 0 Å². The quantitative estimate of drug-likeness (QED) is 0.664. The molecule has 4 rings (SSSR count). The molecule has 0 heterocycles. The van der Waals surface area contributed by atoms with Gasteiger partial charge in [0.25, 0.3) is 0 Å². The Balaban J connectivity index is 1.70. The van der Waals surface area contributed by atoms with Crippen LogP contribution in [0.5, 0.6) is 0 Å². The van der Waals surface area contributed by atoms with Crippen molar-refractivity contribution in [1.82, 2.24) is 0 Å². The molecule has 0 aliphatic heterocycles. The predicted octanol–water partition coefficient (Wildman–Crippen LogP) is 5.02. The molecule has 1 nitrogen and oxygen atoms in total. The molecule has 0 aromatic carbocycles. The molecule has 0 N–H and O–H groups in total. The van der Waals surface area contributed by atoms with Gasteiger partial charge in [0, 0.05) is 5.41 Å². The maximum Gasteiger partial charge on any atom is 0.178 e. The molecule has 22 heavy (non-hydrogen) atoms. The van der Waals surface area contributed by atoms with Crippen LogP contribution in [-0.4, -0.2) is 5.78 Å². The van der Waals surface area contributed by atoms with E-state index in [1.807, 2.05) is 12.2 Å². The van der Waals surface area contributed by atoms with E-state index in [9.17, 15) is 4.79 Å². The first-order valence-corrected chi connectivity index (χ1v) is 8.76. The summed E-state index contributed by atoms with van der Waals surface area (Å²) in [5.41, 5.74) is 3.33. The summed E-state index contributed by atoms with van der Waals surface area (Å²) >= 11 is 0. The van der Waals surface area contributed by atoms with Crippen molar-refractivity contribution in [1.29, 1.82) is 0 Å². The number of carbonyl (C=O) groups excluding carboxylic acids is 1. The smallest absolute Gasteiger partial charge is 0.178 e. The molecule has 5 atom stereocenters. The summed E-state index contributed by atoms with van der Waals surface area (Å²) in [7, 11) is 0. The number of rotatable bonds is 1. The monoisotopic (exact) mass is 294 g/mol. The van der Waals surface area contributed by atoms with Crippen molar-refractivity contribution in [3.8, 4) is 0 Å². The van der Waals surface area contributed by atoms with Gasteiger partial charge in [0.2, 0.25) is 0 Å². The highest BCUT2D eigenvalue weighted by atomic mass is 16.1. The molecule has 3 unspecified atom stereocenters. The lowest BCUT2D eigenvalue weighted by molar-refractivity contribution is -0.111. The molecular weight excluding hydrogens is 268 g/mol. The number of ketones is 1. The lowest BCUT2D eigenvalue weighted by Crippen LogP contribution is -2.48. The Bertz CT molecular complexity index is 634. The van der Waals surface area contributed by atoms with Gasteiger partial charge in [0.05, 0.1) is 0 Å². The van der Waals surface area contributed by atoms with E-state index >= 15 is 0 Å². The van der Waals surface area contributed by atoms with E-state index in [1.165, 1.54) is 36.8 Å². The van der Waals surface area contributed by atoms with Crippen LogP contribution >= 0.6 is 0 Å². The number of allylic oxidation sites excluding steroid dienone is 7. The Morgan fingerprint density at radius 1 is 1.27 bits per heavy atom. The first kappa shape index (κ1) is 14.2. The predicted molar refractivity (Wildman–Crippen MR) is 90.3 cm³/mol. The third kappa shape index (κ3) is 1.68. The van der Waals surface area contributed by atoms with E-state index in [4.69, 9.17) is 0 Å². The summed E-state index contributed by atoms with van der Waals surface area (Å²) in [5, 5.41) is 0. The fraction of sp³-hybridized carbons (Fsp3) is 0.571. The average molecular weight is 294 g/mol. The fourth-order valence-electron chi connectivity index (χ4n) is 6.11. The van der Waals surface area contributed by atoms with Crippen molar-refractivity contribution in [2.75, 3.05) is 0 Å². The number of hydrogen-bond donors (Lipinski definition) is 0. The van der Waals surface area contributed by atoms with Crippen molar-refractivity contribution < 1.29 is 4.79 Å². The zero-order valence-corrected chi connectivity index (χ0v) is 13.8. The van der Waals surface area contributed by atoms with Crippen LogP contribution in [0.2, 0.25) is 0 Å². The third-order valence-electron chi connectivity index (χ3n) is 7.42. The molecule has 2 saturated carbocycles. The topological polar surface area (TPSA) is 17.1 Å². The summed E-state index contributed by atoms with van der Waals surface area (Å²) in [6, 6.07) is 0. The molecule has 0 radical (unpaired) electrons. The third-order valence-corrected chi connectivity index (χ3v) is 7.42. The van der Waals surface area contributed by atoms with Crippen molar-refractivity contribution in [2.24, 2.45) is 28.6 Å². The lowest BCUT2D eigenvalue weighted by atomic mass is 9.48. The molecule has 116 valence electrons. The van der Waals surface area contributed by atoms with Crippen LogP contribution in [0.4, 0.5) is 0 Å². The van der Waals surface area contributed by atoms with E-state index in [0.717, 1.165) is 18.3 Å². The number of hydrogen-bond acceptors (Lipinski definition) is 1. The Morgan fingerprint density at radius 2 is 2.09 bits per heavy atom. The Kier molecular flexibility index (Phi) is 2.95. The Morgan fingerprint density at radius 3 is 2.86 bits per heavy atom. The van der Waals surface area contributed by atoms with Gasteiger partial charge in [-0.25, -0.2) is 0 Å². The van der Waals surface area contributed by atoms with Crippen LogP contribution < -0.4 is 0 Å². The van der Waals surface area contributed by atoms with Gasteiger partial charge in [-0.3, -0.25) is 4.79 Å². The Hall–Kier alpha value is -1.37. The largest absolute Gasteiger partial charge is 0.290 e. The van der Waals surface area contributed by atoms with Crippen LogP contribution in [0.25, 0.3) is 0 Å². The van der Waals surface area contributed by atoms with E-state index in [0.29, 0.717) is 11.3 Å². The molecule has 4 aliphatic carbocycles.